The molecule has 1 aromatic heterocycles. The van der Waals surface area contributed by atoms with Crippen LogP contribution < -0.4 is 20.5 Å². The van der Waals surface area contributed by atoms with E-state index in [4.69, 9.17) is 26.8 Å². The number of halogens is 2. The lowest BCUT2D eigenvalue weighted by Crippen LogP contribution is -2.33. The van der Waals surface area contributed by atoms with Crippen LogP contribution in [-0.4, -0.2) is 46.5 Å². The Morgan fingerprint density at radius 3 is 2.70 bits per heavy atom. The van der Waals surface area contributed by atoms with Crippen molar-refractivity contribution in [3.05, 3.63) is 47.5 Å². The summed E-state index contributed by atoms with van der Waals surface area (Å²) in [4.78, 5) is 19.3. The lowest BCUT2D eigenvalue weighted by atomic mass is 10.2. The second-order valence-electron chi connectivity index (χ2n) is 7.22. The number of ether oxygens (including phenoxy) is 2. The van der Waals surface area contributed by atoms with Crippen molar-refractivity contribution in [1.29, 1.82) is 0 Å². The summed E-state index contributed by atoms with van der Waals surface area (Å²) in [6, 6.07) is 7.01. The van der Waals surface area contributed by atoms with Crippen molar-refractivity contribution in [3.63, 3.8) is 0 Å². The minimum Gasteiger partial charge on any atom is -0.493 e. The van der Waals surface area contributed by atoms with Crippen LogP contribution in [0.5, 0.6) is 11.5 Å². The van der Waals surface area contributed by atoms with E-state index in [1.165, 1.54) is 18.5 Å². The van der Waals surface area contributed by atoms with Crippen LogP contribution in [-0.2, 0) is 0 Å². The molecule has 11 heteroatoms. The Hall–Kier alpha value is -3.37. The summed E-state index contributed by atoms with van der Waals surface area (Å²) >= 11 is 5.88. The van der Waals surface area contributed by atoms with Crippen LogP contribution >= 0.6 is 11.6 Å². The van der Waals surface area contributed by atoms with Crippen LogP contribution in [0.15, 0.2) is 36.7 Å². The lowest BCUT2D eigenvalue weighted by molar-refractivity contribution is -0.0403. The molecule has 0 saturated heterocycles. The van der Waals surface area contributed by atoms with Gasteiger partial charge < -0.3 is 20.5 Å². The first-order valence-corrected chi connectivity index (χ1v) is 10.7. The molecule has 0 spiro atoms. The van der Waals surface area contributed by atoms with Gasteiger partial charge in [-0.25, -0.2) is 24.2 Å². The van der Waals surface area contributed by atoms with Crippen LogP contribution in [0.1, 0.15) is 25.7 Å². The Labute approximate surface area is 195 Å². The highest BCUT2D eigenvalue weighted by Crippen LogP contribution is 2.35. The van der Waals surface area contributed by atoms with Crippen molar-refractivity contribution in [3.8, 4) is 11.5 Å². The molecule has 176 valence electrons. The van der Waals surface area contributed by atoms with Gasteiger partial charge in [0.05, 0.1) is 30.8 Å². The maximum absolute atomic E-state index is 13.5. The first-order valence-electron chi connectivity index (χ1n) is 10.3. The van der Waals surface area contributed by atoms with Gasteiger partial charge in [-0.15, -0.1) is 0 Å². The number of rotatable bonds is 11. The molecule has 2 aromatic carbocycles. The third-order valence-corrected chi connectivity index (χ3v) is 5.17. The average Bonchev–Trinajstić information content (AvgIpc) is 2.80. The molecule has 0 fully saturated rings. The van der Waals surface area contributed by atoms with Gasteiger partial charge in [0, 0.05) is 17.1 Å². The number of anilines is 2. The van der Waals surface area contributed by atoms with E-state index in [0.29, 0.717) is 52.0 Å². The molecule has 0 atom stereocenters. The van der Waals surface area contributed by atoms with Crippen molar-refractivity contribution in [2.24, 2.45) is 5.73 Å². The van der Waals surface area contributed by atoms with E-state index in [9.17, 15) is 14.4 Å². The van der Waals surface area contributed by atoms with Crippen LogP contribution in [0, 0.1) is 5.82 Å². The Balaban J connectivity index is 1.66. The number of carbonyl (C=O) groups excluding carboxylic acids is 1. The number of aromatic nitrogens is 2. The largest absolute Gasteiger partial charge is 0.493 e. The third kappa shape index (κ3) is 6.56. The van der Waals surface area contributed by atoms with Crippen molar-refractivity contribution in [2.45, 2.75) is 25.7 Å². The van der Waals surface area contributed by atoms with E-state index < -0.39 is 11.8 Å². The van der Waals surface area contributed by atoms with Crippen molar-refractivity contribution < 1.29 is 23.9 Å². The molecule has 0 aliphatic carbocycles. The lowest BCUT2D eigenvalue weighted by Gasteiger charge is -2.14. The topological polar surface area (TPSA) is 123 Å². The Bertz CT molecular complexity index is 1120. The number of amides is 2. The van der Waals surface area contributed by atoms with Gasteiger partial charge in [-0.1, -0.05) is 18.0 Å². The molecule has 4 N–H and O–H groups in total. The molecule has 0 saturated carbocycles. The number of hydrogen-bond donors (Lipinski definition) is 3. The van der Waals surface area contributed by atoms with E-state index in [1.54, 1.807) is 25.3 Å². The molecule has 3 aromatic rings. The SMILES string of the molecule is COc1cc2ncnc(Nc3ccc(F)c(Cl)c3)c2cc1OCCCCCCN(O)C(N)=O. The fraction of sp³-hybridized carbons (Fsp3) is 0.318. The highest BCUT2D eigenvalue weighted by atomic mass is 35.5. The number of nitrogens with two attached hydrogens (primary N) is 1. The van der Waals surface area contributed by atoms with Crippen molar-refractivity contribution in [1.82, 2.24) is 15.0 Å². The Kier molecular flexibility index (Phi) is 8.45. The number of hydroxylamine groups is 2. The minimum absolute atomic E-state index is 0.00498. The van der Waals surface area contributed by atoms with E-state index >= 15 is 0 Å². The van der Waals surface area contributed by atoms with Gasteiger partial charge in [0.15, 0.2) is 11.5 Å². The molecule has 33 heavy (non-hydrogen) atoms. The van der Waals surface area contributed by atoms with Gasteiger partial charge >= 0.3 is 6.03 Å². The number of fused-ring (bicyclic) bond motifs is 1. The maximum atomic E-state index is 13.5. The van der Waals surface area contributed by atoms with E-state index in [0.717, 1.165) is 19.3 Å². The molecule has 0 aliphatic rings. The summed E-state index contributed by atoms with van der Waals surface area (Å²) in [7, 11) is 1.55. The first kappa shape index (κ1) is 24.3. The summed E-state index contributed by atoms with van der Waals surface area (Å²) in [5, 5.41) is 13.6. The number of unbranched alkanes of at least 4 members (excludes halogenated alkanes) is 3. The van der Waals surface area contributed by atoms with Crippen LogP contribution in [0.2, 0.25) is 5.02 Å². The van der Waals surface area contributed by atoms with Gasteiger partial charge in [-0.3, -0.25) is 5.21 Å². The van der Waals surface area contributed by atoms with E-state index in [1.807, 2.05) is 0 Å². The number of hydrogen-bond acceptors (Lipinski definition) is 7. The van der Waals surface area contributed by atoms with Crippen molar-refractivity contribution in [2.75, 3.05) is 25.6 Å². The van der Waals surface area contributed by atoms with Gasteiger partial charge in [0.25, 0.3) is 0 Å². The Morgan fingerprint density at radius 1 is 1.18 bits per heavy atom. The minimum atomic E-state index is -0.859. The Morgan fingerprint density at radius 2 is 1.97 bits per heavy atom. The molecule has 3 rings (SSSR count). The zero-order valence-corrected chi connectivity index (χ0v) is 18.8. The molecule has 9 nitrogen and oxygen atoms in total. The third-order valence-electron chi connectivity index (χ3n) is 4.88. The molecule has 0 aliphatic heterocycles. The van der Waals surface area contributed by atoms with Gasteiger partial charge in [0.2, 0.25) is 0 Å². The zero-order valence-electron chi connectivity index (χ0n) is 18.1. The standard InChI is InChI=1S/C22H25ClFN5O4/c1-32-19-12-18-15(11-20(19)33-9-5-3-2-4-8-29(31)22(25)30)21(27-13-26-18)28-14-6-7-17(24)16(23)10-14/h6-7,10-13,31H,2-5,8-9H2,1H3,(H2,25,30)(H,26,27,28). The molecule has 0 radical (unpaired) electrons. The molecule has 0 unspecified atom stereocenters. The number of urea groups is 1. The number of methoxy groups -OCH3 is 1. The summed E-state index contributed by atoms with van der Waals surface area (Å²) in [5.74, 6) is 1.08. The summed E-state index contributed by atoms with van der Waals surface area (Å²) in [5.41, 5.74) is 6.19. The molecular weight excluding hydrogens is 453 g/mol. The second kappa shape index (κ2) is 11.5. The van der Waals surface area contributed by atoms with Gasteiger partial charge in [-0.05, 0) is 43.5 Å². The van der Waals surface area contributed by atoms with E-state index in [-0.39, 0.29) is 11.6 Å². The zero-order chi connectivity index (χ0) is 23.8. The smallest absolute Gasteiger partial charge is 0.338 e. The summed E-state index contributed by atoms with van der Waals surface area (Å²) in [6.45, 7) is 0.647. The monoisotopic (exact) mass is 477 g/mol. The van der Waals surface area contributed by atoms with Crippen LogP contribution in [0.3, 0.4) is 0 Å². The molecule has 1 heterocycles. The predicted octanol–water partition coefficient (Wildman–Crippen LogP) is 4.88. The normalized spacial score (nSPS) is 10.8. The van der Waals surface area contributed by atoms with Crippen LogP contribution in [0.25, 0.3) is 10.9 Å². The van der Waals surface area contributed by atoms with Gasteiger partial charge in [0.1, 0.15) is 18.0 Å². The molecular formula is C22H25ClFN5O4. The second-order valence-corrected chi connectivity index (χ2v) is 7.63. The fourth-order valence-corrected chi connectivity index (χ4v) is 3.34. The summed E-state index contributed by atoms with van der Waals surface area (Å²) < 4.78 is 24.8. The quantitative estimate of drug-likeness (QED) is 0.204. The number of carbonyl (C=O) groups is 1. The number of nitrogens with one attached hydrogen (secondary N) is 1. The summed E-state index contributed by atoms with van der Waals surface area (Å²) in [6.07, 6.45) is 4.49. The maximum Gasteiger partial charge on any atom is 0.338 e. The average molecular weight is 478 g/mol. The first-order chi connectivity index (χ1) is 15.9. The highest BCUT2D eigenvalue weighted by Gasteiger charge is 2.13. The molecule has 2 amide bonds. The number of primary amides is 1. The van der Waals surface area contributed by atoms with E-state index in [2.05, 4.69) is 15.3 Å². The highest BCUT2D eigenvalue weighted by molar-refractivity contribution is 6.31. The molecule has 0 bridgehead atoms. The number of nitrogens with zero attached hydrogens (tertiary/aromatic N) is 3. The number of benzene rings is 2. The van der Waals surface area contributed by atoms with Gasteiger partial charge in [-0.2, -0.15) is 0 Å². The van der Waals surface area contributed by atoms with Crippen molar-refractivity contribution >= 4 is 40.0 Å². The predicted molar refractivity (Wildman–Crippen MR) is 123 cm³/mol. The van der Waals surface area contributed by atoms with Crippen LogP contribution in [0.4, 0.5) is 20.7 Å². The fourth-order valence-electron chi connectivity index (χ4n) is 3.16.